The van der Waals surface area contributed by atoms with E-state index in [2.05, 4.69) is 48.4 Å². The molecule has 0 amide bonds. The lowest BCUT2D eigenvalue weighted by atomic mass is 10.0. The van der Waals surface area contributed by atoms with Gasteiger partial charge in [-0.25, -0.2) is 13.4 Å². The van der Waals surface area contributed by atoms with Gasteiger partial charge >= 0.3 is 0 Å². The second-order valence-electron chi connectivity index (χ2n) is 10.5. The molecule has 38 heavy (non-hydrogen) atoms. The van der Waals surface area contributed by atoms with Gasteiger partial charge in [-0.3, -0.25) is 4.72 Å². The molecule has 3 aliphatic rings. The Morgan fingerprint density at radius 3 is 2.39 bits per heavy atom. The molecule has 1 aromatic heterocycles. The minimum absolute atomic E-state index is 0.319. The van der Waals surface area contributed by atoms with Crippen LogP contribution in [0.3, 0.4) is 0 Å². The highest BCUT2D eigenvalue weighted by Gasteiger charge is 2.36. The highest BCUT2D eigenvalue weighted by atomic mass is 35.5. The molecule has 1 saturated carbocycles. The molecule has 200 valence electrons. The Kier molecular flexibility index (Phi) is 7.16. The number of aromatic nitrogens is 2. The SMILES string of the molecule is O=S(=O)(Nc1ccccc1Nc1nc(Nc2ccc3c(c2)CC[C@@H](N2CCCC2)CC3)ncc1Cl)C1CC1. The zero-order chi connectivity index (χ0) is 26.1. The molecule has 2 aromatic carbocycles. The first-order valence-electron chi connectivity index (χ1n) is 13.5. The fourth-order valence-electron chi connectivity index (χ4n) is 5.51. The summed E-state index contributed by atoms with van der Waals surface area (Å²) in [5, 5.41) is 6.53. The molecule has 0 bridgehead atoms. The number of fused-ring (bicyclic) bond motifs is 1. The highest BCUT2D eigenvalue weighted by molar-refractivity contribution is 7.93. The van der Waals surface area contributed by atoms with Gasteiger partial charge in [0.2, 0.25) is 16.0 Å². The van der Waals surface area contributed by atoms with Crippen molar-refractivity contribution in [1.82, 2.24) is 14.9 Å². The van der Waals surface area contributed by atoms with E-state index in [-0.39, 0.29) is 5.25 Å². The Bertz CT molecular complexity index is 1420. The van der Waals surface area contributed by atoms with Crippen LogP contribution in [0, 0.1) is 0 Å². The smallest absolute Gasteiger partial charge is 0.235 e. The summed E-state index contributed by atoms with van der Waals surface area (Å²) < 4.78 is 27.7. The highest BCUT2D eigenvalue weighted by Crippen LogP contribution is 2.34. The number of aryl methyl sites for hydroxylation is 2. The number of nitrogens with zero attached hydrogens (tertiary/aromatic N) is 3. The topological polar surface area (TPSA) is 99.2 Å². The summed E-state index contributed by atoms with van der Waals surface area (Å²) in [6.45, 7) is 2.49. The monoisotopic (exact) mass is 552 g/mol. The summed E-state index contributed by atoms with van der Waals surface area (Å²) in [6.07, 6.45) is 10.2. The standard InChI is InChI=1S/C28H33ClN6O2S/c29-24-18-30-28(33-27(24)32-25-5-1-2-6-26(25)34-38(36,37)23-13-14-23)31-21-10-7-19-8-11-22(12-9-20(19)17-21)35-15-3-4-16-35/h1-2,5-7,10,17-18,22-23,34H,3-4,8-9,11-16H2,(H2,30,31,32,33)/t22-/m0/s1. The van der Waals surface area contributed by atoms with Crippen molar-refractivity contribution in [3.63, 3.8) is 0 Å². The number of nitrogens with one attached hydrogen (secondary N) is 3. The molecule has 1 atom stereocenters. The largest absolute Gasteiger partial charge is 0.337 e. The molecule has 3 N–H and O–H groups in total. The van der Waals surface area contributed by atoms with Gasteiger partial charge in [0.05, 0.1) is 22.8 Å². The number of hydrogen-bond acceptors (Lipinski definition) is 7. The van der Waals surface area contributed by atoms with E-state index in [9.17, 15) is 8.42 Å². The molecule has 1 aliphatic heterocycles. The van der Waals surface area contributed by atoms with Crippen molar-refractivity contribution in [2.45, 2.75) is 62.7 Å². The lowest BCUT2D eigenvalue weighted by molar-refractivity contribution is 0.222. The van der Waals surface area contributed by atoms with Crippen molar-refractivity contribution in [1.29, 1.82) is 0 Å². The van der Waals surface area contributed by atoms with Gasteiger partial charge in [-0.15, -0.1) is 0 Å². The van der Waals surface area contributed by atoms with E-state index in [4.69, 9.17) is 11.6 Å². The molecule has 3 aromatic rings. The third kappa shape index (κ3) is 5.75. The van der Waals surface area contributed by atoms with E-state index in [1.165, 1.54) is 49.9 Å². The van der Waals surface area contributed by atoms with Gasteiger partial charge in [-0.1, -0.05) is 29.8 Å². The molecule has 0 spiro atoms. The van der Waals surface area contributed by atoms with E-state index in [1.54, 1.807) is 24.4 Å². The van der Waals surface area contributed by atoms with E-state index >= 15 is 0 Å². The molecule has 8 nitrogen and oxygen atoms in total. The van der Waals surface area contributed by atoms with Crippen LogP contribution in [0.25, 0.3) is 0 Å². The number of benzene rings is 2. The van der Waals surface area contributed by atoms with Crippen LogP contribution in [0.15, 0.2) is 48.7 Å². The predicted molar refractivity (Wildman–Crippen MR) is 153 cm³/mol. The zero-order valence-corrected chi connectivity index (χ0v) is 22.9. The Balaban J connectivity index is 1.17. The lowest BCUT2D eigenvalue weighted by Crippen LogP contribution is -2.32. The molecular weight excluding hydrogens is 520 g/mol. The summed E-state index contributed by atoms with van der Waals surface area (Å²) in [4.78, 5) is 11.6. The summed E-state index contributed by atoms with van der Waals surface area (Å²) in [7, 11) is -3.40. The number of anilines is 5. The number of hydrogen-bond donors (Lipinski definition) is 3. The first-order valence-corrected chi connectivity index (χ1v) is 15.4. The van der Waals surface area contributed by atoms with E-state index < -0.39 is 10.0 Å². The second-order valence-corrected chi connectivity index (χ2v) is 12.9. The number of rotatable bonds is 8. The normalized spacial score (nSPS) is 20.0. The summed E-state index contributed by atoms with van der Waals surface area (Å²) in [6, 6.07) is 14.3. The van der Waals surface area contributed by atoms with Crippen LogP contribution in [0.1, 0.15) is 49.7 Å². The lowest BCUT2D eigenvalue weighted by Gasteiger charge is -2.25. The molecule has 0 radical (unpaired) electrons. The van der Waals surface area contributed by atoms with Crippen molar-refractivity contribution >= 4 is 50.5 Å². The quantitative estimate of drug-likeness (QED) is 0.301. The van der Waals surface area contributed by atoms with Gasteiger partial charge in [0.1, 0.15) is 5.02 Å². The number of sulfonamides is 1. The number of halogens is 1. The van der Waals surface area contributed by atoms with Crippen LogP contribution >= 0.6 is 11.6 Å². The van der Waals surface area contributed by atoms with Crippen molar-refractivity contribution in [3.05, 3.63) is 64.8 Å². The molecule has 1 saturated heterocycles. The minimum atomic E-state index is -3.40. The van der Waals surface area contributed by atoms with Crippen molar-refractivity contribution < 1.29 is 8.42 Å². The maximum absolute atomic E-state index is 12.5. The van der Waals surface area contributed by atoms with Crippen LogP contribution < -0.4 is 15.4 Å². The third-order valence-corrected chi connectivity index (χ3v) is 9.88. The molecule has 0 unspecified atom stereocenters. The van der Waals surface area contributed by atoms with Gasteiger partial charge < -0.3 is 15.5 Å². The Hall–Kier alpha value is -2.88. The summed E-state index contributed by atoms with van der Waals surface area (Å²) >= 11 is 6.42. The molecule has 2 aliphatic carbocycles. The Morgan fingerprint density at radius 2 is 1.63 bits per heavy atom. The molecule has 2 fully saturated rings. The van der Waals surface area contributed by atoms with Gasteiger partial charge in [-0.05, 0) is 99.8 Å². The van der Waals surface area contributed by atoms with E-state index in [1.807, 2.05) is 6.07 Å². The van der Waals surface area contributed by atoms with Gasteiger partial charge in [0.15, 0.2) is 5.82 Å². The summed E-state index contributed by atoms with van der Waals surface area (Å²) in [5.74, 6) is 0.807. The first kappa shape index (κ1) is 25.4. The van der Waals surface area contributed by atoms with Crippen LogP contribution in [0.4, 0.5) is 28.8 Å². The average Bonchev–Trinajstić information content (AvgIpc) is 3.68. The van der Waals surface area contributed by atoms with Gasteiger partial charge in [0.25, 0.3) is 0 Å². The van der Waals surface area contributed by atoms with Crippen LogP contribution in [0.2, 0.25) is 5.02 Å². The fraction of sp³-hybridized carbons (Fsp3) is 0.429. The molecular formula is C28H33ClN6O2S. The van der Waals surface area contributed by atoms with Crippen LogP contribution in [0.5, 0.6) is 0 Å². The van der Waals surface area contributed by atoms with E-state index in [0.29, 0.717) is 47.0 Å². The fourth-order valence-corrected chi connectivity index (χ4v) is 7.05. The van der Waals surface area contributed by atoms with Crippen LogP contribution in [-0.2, 0) is 22.9 Å². The van der Waals surface area contributed by atoms with Crippen LogP contribution in [-0.4, -0.2) is 47.7 Å². The predicted octanol–water partition coefficient (Wildman–Crippen LogP) is 5.86. The van der Waals surface area contributed by atoms with Gasteiger partial charge in [-0.2, -0.15) is 4.98 Å². The van der Waals surface area contributed by atoms with Crippen molar-refractivity contribution in [3.8, 4) is 0 Å². The Labute approximate surface area is 229 Å². The van der Waals surface area contributed by atoms with E-state index in [0.717, 1.165) is 18.5 Å². The minimum Gasteiger partial charge on any atom is -0.337 e. The second kappa shape index (κ2) is 10.7. The summed E-state index contributed by atoms with van der Waals surface area (Å²) in [5.41, 5.74) is 4.79. The van der Waals surface area contributed by atoms with Crippen molar-refractivity contribution in [2.24, 2.45) is 0 Å². The average molecular weight is 553 g/mol. The van der Waals surface area contributed by atoms with Crippen molar-refractivity contribution in [2.75, 3.05) is 28.4 Å². The first-order chi connectivity index (χ1) is 18.4. The van der Waals surface area contributed by atoms with Gasteiger partial charge in [0, 0.05) is 11.7 Å². The number of likely N-dealkylation sites (tertiary alicyclic amines) is 1. The third-order valence-electron chi connectivity index (χ3n) is 7.75. The zero-order valence-electron chi connectivity index (χ0n) is 21.3. The number of para-hydroxylation sites is 2. The Morgan fingerprint density at radius 1 is 0.895 bits per heavy atom. The molecule has 10 heteroatoms. The maximum atomic E-state index is 12.5. The molecule has 2 heterocycles. The maximum Gasteiger partial charge on any atom is 0.235 e. The molecule has 6 rings (SSSR count).